The summed E-state index contributed by atoms with van der Waals surface area (Å²) in [6.45, 7) is 14.0. The topological polar surface area (TPSA) is 12.1 Å². The number of fused-ring (bicyclic) bond motifs is 15. The zero-order chi connectivity index (χ0) is 41.1. The lowest BCUT2D eigenvalue weighted by Gasteiger charge is -2.28. The van der Waals surface area contributed by atoms with Crippen LogP contribution in [0, 0.1) is 0 Å². The predicted molar refractivity (Wildman–Crippen MR) is 263 cm³/mol. The summed E-state index contributed by atoms with van der Waals surface area (Å²) >= 11 is 0. The van der Waals surface area contributed by atoms with Gasteiger partial charge in [0.1, 0.15) is 0 Å². The van der Waals surface area contributed by atoms with E-state index in [1.54, 1.807) is 0 Å². The molecule has 3 heteroatoms. The maximum atomic E-state index is 2.63. The lowest BCUT2D eigenvalue weighted by Crippen LogP contribution is -2.11. The summed E-state index contributed by atoms with van der Waals surface area (Å²) in [4.78, 5) is 2.49. The molecular weight excluding hydrogens is 739 g/mol. The van der Waals surface area contributed by atoms with Crippen molar-refractivity contribution in [2.75, 3.05) is 4.90 Å². The molecule has 0 amide bonds. The van der Waals surface area contributed by atoms with Crippen molar-refractivity contribution in [3.05, 3.63) is 175 Å². The van der Waals surface area contributed by atoms with Crippen molar-refractivity contribution in [1.82, 2.24) is 8.80 Å². The molecule has 0 unspecified atom stereocenters. The molecule has 13 aromatic rings. The van der Waals surface area contributed by atoms with Crippen molar-refractivity contribution in [3.8, 4) is 0 Å². The van der Waals surface area contributed by atoms with Crippen molar-refractivity contribution in [2.45, 2.75) is 52.4 Å². The molecule has 0 bridgehead atoms. The maximum absolute atomic E-state index is 2.63. The van der Waals surface area contributed by atoms with Gasteiger partial charge in [-0.2, -0.15) is 0 Å². The van der Waals surface area contributed by atoms with Crippen molar-refractivity contribution < 1.29 is 0 Å². The van der Waals surface area contributed by atoms with E-state index >= 15 is 0 Å². The molecule has 0 aliphatic heterocycles. The first-order chi connectivity index (χ1) is 29.5. The Labute approximate surface area is 354 Å². The molecule has 61 heavy (non-hydrogen) atoms. The Morgan fingerprint density at radius 3 is 1.46 bits per heavy atom. The molecule has 0 atom stereocenters. The minimum absolute atomic E-state index is 0.0410. The third-order valence-corrected chi connectivity index (χ3v) is 13.8. The standard InChI is InChI=1S/C58H45N3/c1-57(2,3)36-25-26-49-48(29-36)52-40-23-15-13-17-34(40)27-44-42-33-51-43(32-50(42)60(49)54(44)52)46-30-37(58(4,5)6)31-47-45-28-35-18-14-16-24-41(35)55(56(45)61(51)53(46)47)59(38-19-9-7-10-20-38)39-21-11-8-12-22-39/h7-33H,1-6H3. The average Bonchev–Trinajstić information content (AvgIpc) is 3.98. The molecule has 0 spiro atoms. The molecule has 0 radical (unpaired) electrons. The Morgan fingerprint density at radius 2 is 0.836 bits per heavy atom. The van der Waals surface area contributed by atoms with Crippen molar-refractivity contribution in [3.63, 3.8) is 0 Å². The van der Waals surface area contributed by atoms with Gasteiger partial charge in [0.15, 0.2) is 0 Å². The second-order valence-corrected chi connectivity index (χ2v) is 19.4. The van der Waals surface area contributed by atoms with Gasteiger partial charge in [-0.15, -0.1) is 0 Å². The maximum Gasteiger partial charge on any atom is 0.0789 e. The van der Waals surface area contributed by atoms with Gasteiger partial charge in [0, 0.05) is 59.9 Å². The Morgan fingerprint density at radius 1 is 0.344 bits per heavy atom. The van der Waals surface area contributed by atoms with Crippen LogP contribution in [0.1, 0.15) is 52.7 Å². The zero-order valence-corrected chi connectivity index (χ0v) is 35.4. The van der Waals surface area contributed by atoms with E-state index in [2.05, 4.69) is 219 Å². The van der Waals surface area contributed by atoms with Crippen LogP contribution in [0.25, 0.3) is 97.7 Å². The Hall–Kier alpha value is -7.10. The number of hydrogen-bond acceptors (Lipinski definition) is 1. The van der Waals surface area contributed by atoms with Gasteiger partial charge in [-0.25, -0.2) is 0 Å². The fraction of sp³-hybridized carbons (Fsp3) is 0.138. The quantitative estimate of drug-likeness (QED) is 0.174. The largest absolute Gasteiger partial charge is 0.308 e. The Balaban J connectivity index is 1.27. The van der Waals surface area contributed by atoms with Crippen LogP contribution in [0.3, 0.4) is 0 Å². The molecule has 0 saturated heterocycles. The molecule has 0 aliphatic carbocycles. The number of rotatable bonds is 3. The summed E-state index contributed by atoms with van der Waals surface area (Å²) < 4.78 is 5.21. The van der Waals surface area contributed by atoms with Gasteiger partial charge in [0.2, 0.25) is 0 Å². The van der Waals surface area contributed by atoms with Crippen LogP contribution in [-0.4, -0.2) is 8.80 Å². The number of nitrogens with zero attached hydrogens (tertiary/aromatic N) is 3. The molecule has 13 rings (SSSR count). The van der Waals surface area contributed by atoms with E-state index in [1.165, 1.54) is 115 Å². The lowest BCUT2D eigenvalue weighted by atomic mass is 9.85. The van der Waals surface area contributed by atoms with Crippen molar-refractivity contribution in [2.24, 2.45) is 0 Å². The van der Waals surface area contributed by atoms with E-state index in [0.29, 0.717) is 0 Å². The number of hydrogen-bond donors (Lipinski definition) is 0. The van der Waals surface area contributed by atoms with Gasteiger partial charge in [-0.1, -0.05) is 133 Å². The van der Waals surface area contributed by atoms with Gasteiger partial charge in [-0.3, -0.25) is 0 Å². The monoisotopic (exact) mass is 783 g/mol. The average molecular weight is 784 g/mol. The number of para-hydroxylation sites is 2. The second kappa shape index (κ2) is 11.8. The fourth-order valence-electron chi connectivity index (χ4n) is 10.8. The molecule has 0 fully saturated rings. The Kier molecular flexibility index (Phi) is 6.72. The summed E-state index contributed by atoms with van der Waals surface area (Å²) in [5.41, 5.74) is 13.8. The van der Waals surface area contributed by atoms with Crippen LogP contribution >= 0.6 is 0 Å². The van der Waals surface area contributed by atoms with Gasteiger partial charge in [0.05, 0.1) is 38.8 Å². The molecule has 0 aliphatic rings. The van der Waals surface area contributed by atoms with E-state index in [-0.39, 0.29) is 10.8 Å². The van der Waals surface area contributed by atoms with Crippen molar-refractivity contribution in [1.29, 1.82) is 0 Å². The van der Waals surface area contributed by atoms with E-state index < -0.39 is 0 Å². The first-order valence-corrected chi connectivity index (χ1v) is 21.7. The van der Waals surface area contributed by atoms with Crippen LogP contribution in [0.2, 0.25) is 0 Å². The summed E-state index contributed by atoms with van der Waals surface area (Å²) in [6.07, 6.45) is 0. The van der Waals surface area contributed by atoms with Gasteiger partial charge < -0.3 is 13.7 Å². The number of anilines is 3. The van der Waals surface area contributed by atoms with Crippen LogP contribution in [0.5, 0.6) is 0 Å². The van der Waals surface area contributed by atoms with Crippen molar-refractivity contribution >= 4 is 115 Å². The van der Waals surface area contributed by atoms with Crippen LogP contribution in [0.4, 0.5) is 17.1 Å². The lowest BCUT2D eigenvalue weighted by molar-refractivity contribution is 0.591. The van der Waals surface area contributed by atoms with E-state index in [1.807, 2.05) is 0 Å². The SMILES string of the molecule is CC(C)(C)c1ccc2c(c1)c1c3ccccc3cc3c4cc5c(cc4n2c31)c1cc(C(C)(C)C)cc2c3cc4ccccc4c(N(c4ccccc4)c4ccccc4)c3n5c12. The minimum Gasteiger partial charge on any atom is -0.308 e. The van der Waals surface area contributed by atoms with Crippen LogP contribution in [0.15, 0.2) is 164 Å². The molecule has 0 saturated carbocycles. The van der Waals surface area contributed by atoms with E-state index in [4.69, 9.17) is 0 Å². The van der Waals surface area contributed by atoms with E-state index in [9.17, 15) is 0 Å². The van der Waals surface area contributed by atoms with Crippen LogP contribution < -0.4 is 4.90 Å². The molecule has 4 aromatic heterocycles. The smallest absolute Gasteiger partial charge is 0.0789 e. The highest BCUT2D eigenvalue weighted by atomic mass is 15.2. The molecular formula is C58H45N3. The summed E-state index contributed by atoms with van der Waals surface area (Å²) in [5.74, 6) is 0. The summed E-state index contributed by atoms with van der Waals surface area (Å²) in [7, 11) is 0. The predicted octanol–water partition coefficient (Wildman–Crippen LogP) is 16.4. The first-order valence-electron chi connectivity index (χ1n) is 21.7. The normalized spacial score (nSPS) is 13.1. The molecule has 9 aromatic carbocycles. The highest BCUT2D eigenvalue weighted by Crippen LogP contribution is 2.52. The molecule has 0 N–H and O–H groups in total. The zero-order valence-electron chi connectivity index (χ0n) is 35.4. The molecule has 292 valence electrons. The Bertz CT molecular complexity index is 3890. The van der Waals surface area contributed by atoms with Gasteiger partial charge >= 0.3 is 0 Å². The van der Waals surface area contributed by atoms with Crippen LogP contribution in [-0.2, 0) is 10.8 Å². The third kappa shape index (κ3) is 4.64. The number of aromatic nitrogens is 2. The summed E-state index contributed by atoms with van der Waals surface area (Å²) in [5, 5.41) is 15.5. The highest BCUT2D eigenvalue weighted by molar-refractivity contribution is 6.34. The third-order valence-electron chi connectivity index (χ3n) is 13.8. The second-order valence-electron chi connectivity index (χ2n) is 19.4. The number of benzene rings is 9. The molecule has 3 nitrogen and oxygen atoms in total. The van der Waals surface area contributed by atoms with E-state index in [0.717, 1.165) is 11.4 Å². The van der Waals surface area contributed by atoms with Gasteiger partial charge in [0.25, 0.3) is 0 Å². The van der Waals surface area contributed by atoms with Gasteiger partial charge in [-0.05, 0) is 111 Å². The highest BCUT2D eigenvalue weighted by Gasteiger charge is 2.29. The minimum atomic E-state index is -0.0533. The molecule has 4 heterocycles. The summed E-state index contributed by atoms with van der Waals surface area (Å²) in [6, 6.07) is 61.9. The first kappa shape index (κ1) is 34.7. The fourth-order valence-corrected chi connectivity index (χ4v) is 10.8.